The van der Waals surface area contributed by atoms with Crippen molar-refractivity contribution in [1.29, 1.82) is 0 Å². The Morgan fingerprint density at radius 1 is 1.09 bits per heavy atom. The molecule has 2 aromatic carbocycles. The quantitative estimate of drug-likeness (QED) is 0.643. The van der Waals surface area contributed by atoms with Gasteiger partial charge in [0.25, 0.3) is 0 Å². The largest absolute Gasteiger partial charge is 0.359 e. The van der Waals surface area contributed by atoms with E-state index in [0.29, 0.717) is 30.3 Å². The molecule has 2 aliphatic heterocycles. The molecule has 33 heavy (non-hydrogen) atoms. The van der Waals surface area contributed by atoms with Crippen molar-refractivity contribution in [3.63, 3.8) is 0 Å². The Balaban J connectivity index is 1.59. The van der Waals surface area contributed by atoms with Crippen LogP contribution in [0.3, 0.4) is 0 Å². The van der Waals surface area contributed by atoms with Crippen molar-refractivity contribution >= 4 is 23.2 Å². The van der Waals surface area contributed by atoms with E-state index in [0.717, 1.165) is 31.0 Å². The van der Waals surface area contributed by atoms with Crippen molar-refractivity contribution in [1.82, 2.24) is 10.2 Å². The molecule has 0 radical (unpaired) electrons. The zero-order valence-electron chi connectivity index (χ0n) is 19.9. The summed E-state index contributed by atoms with van der Waals surface area (Å²) < 4.78 is 14.9. The molecule has 2 fully saturated rings. The molecule has 2 saturated heterocycles. The van der Waals surface area contributed by atoms with Crippen molar-refractivity contribution < 1.29 is 9.18 Å². The molecule has 4 nitrogen and oxygen atoms in total. The molecule has 1 N–H and O–H groups in total. The maximum Gasteiger partial charge on any atom is 0.228 e. The minimum Gasteiger partial charge on any atom is -0.359 e. The van der Waals surface area contributed by atoms with Crippen molar-refractivity contribution in [2.75, 3.05) is 37.6 Å². The maximum absolute atomic E-state index is 14.9. The van der Waals surface area contributed by atoms with Crippen molar-refractivity contribution in [2.45, 2.75) is 46.1 Å². The molecule has 0 spiro atoms. The summed E-state index contributed by atoms with van der Waals surface area (Å²) in [6, 6.07) is 13.5. The Morgan fingerprint density at radius 2 is 1.79 bits per heavy atom. The smallest absolute Gasteiger partial charge is 0.228 e. The lowest BCUT2D eigenvalue weighted by molar-refractivity contribution is -0.140. The Hall–Kier alpha value is -2.11. The zero-order valence-corrected chi connectivity index (χ0v) is 20.7. The van der Waals surface area contributed by atoms with Crippen LogP contribution in [0, 0.1) is 17.2 Å². The fourth-order valence-electron chi connectivity index (χ4n) is 5.02. The molecule has 2 heterocycles. The SMILES string of the molecule is CC(C)(C)C(=O)N1CCN(c2ccc(Cl)cc2F)[C@H](c2ccc(CC3CCNCC3)cc2)C1. The number of piperazine rings is 1. The lowest BCUT2D eigenvalue weighted by atomic mass is 9.89. The molecular weight excluding hydrogens is 437 g/mol. The molecule has 2 aliphatic rings. The highest BCUT2D eigenvalue weighted by Gasteiger charge is 2.35. The van der Waals surface area contributed by atoms with E-state index in [1.165, 1.54) is 24.5 Å². The average Bonchev–Trinajstić information content (AvgIpc) is 2.79. The van der Waals surface area contributed by atoms with Gasteiger partial charge < -0.3 is 15.1 Å². The van der Waals surface area contributed by atoms with Gasteiger partial charge in [0.1, 0.15) is 5.82 Å². The number of halogens is 2. The molecule has 1 atom stereocenters. The van der Waals surface area contributed by atoms with Gasteiger partial charge in [-0.05, 0) is 67.6 Å². The number of anilines is 1. The second-order valence-electron chi connectivity index (χ2n) is 10.4. The molecule has 2 aromatic rings. The Labute approximate surface area is 202 Å². The van der Waals surface area contributed by atoms with Crippen LogP contribution in [0.5, 0.6) is 0 Å². The third-order valence-electron chi connectivity index (χ3n) is 6.88. The molecule has 0 unspecified atom stereocenters. The summed E-state index contributed by atoms with van der Waals surface area (Å²) in [6.07, 6.45) is 3.53. The number of hydrogen-bond acceptors (Lipinski definition) is 3. The molecule has 0 aromatic heterocycles. The van der Waals surface area contributed by atoms with Crippen LogP contribution in [0.25, 0.3) is 0 Å². The van der Waals surface area contributed by atoms with Gasteiger partial charge in [-0.25, -0.2) is 4.39 Å². The topological polar surface area (TPSA) is 35.6 Å². The monoisotopic (exact) mass is 471 g/mol. The van der Waals surface area contributed by atoms with E-state index in [4.69, 9.17) is 11.6 Å². The first kappa shape index (κ1) is 24.0. The maximum atomic E-state index is 14.9. The van der Waals surface area contributed by atoms with Crippen LogP contribution in [0.4, 0.5) is 10.1 Å². The lowest BCUT2D eigenvalue weighted by Gasteiger charge is -2.44. The summed E-state index contributed by atoms with van der Waals surface area (Å²) in [5.74, 6) is 0.531. The number of nitrogens with one attached hydrogen (secondary N) is 1. The number of carbonyl (C=O) groups excluding carboxylic acids is 1. The van der Waals surface area contributed by atoms with Gasteiger partial charge in [0.15, 0.2) is 0 Å². The minimum absolute atomic E-state index is 0.117. The van der Waals surface area contributed by atoms with Crippen LogP contribution in [0.1, 0.15) is 50.8 Å². The molecule has 4 rings (SSSR count). The van der Waals surface area contributed by atoms with Gasteiger partial charge in [-0.15, -0.1) is 0 Å². The second-order valence-corrected chi connectivity index (χ2v) is 10.9. The molecule has 6 heteroatoms. The summed E-state index contributed by atoms with van der Waals surface area (Å²) in [7, 11) is 0. The van der Waals surface area contributed by atoms with Gasteiger partial charge in [-0.2, -0.15) is 0 Å². The molecule has 0 aliphatic carbocycles. The first-order valence-corrected chi connectivity index (χ1v) is 12.4. The average molecular weight is 472 g/mol. The number of hydrogen-bond donors (Lipinski definition) is 1. The minimum atomic E-state index is -0.447. The summed E-state index contributed by atoms with van der Waals surface area (Å²) in [5, 5.41) is 3.81. The molecule has 178 valence electrons. The highest BCUT2D eigenvalue weighted by Crippen LogP contribution is 2.35. The van der Waals surface area contributed by atoms with E-state index in [9.17, 15) is 9.18 Å². The van der Waals surface area contributed by atoms with Gasteiger partial charge >= 0.3 is 0 Å². The van der Waals surface area contributed by atoms with E-state index in [2.05, 4.69) is 34.5 Å². The van der Waals surface area contributed by atoms with E-state index < -0.39 is 5.41 Å². The van der Waals surface area contributed by atoms with E-state index >= 15 is 0 Å². The first-order valence-electron chi connectivity index (χ1n) is 12.0. The van der Waals surface area contributed by atoms with Gasteiger partial charge in [0.05, 0.1) is 11.7 Å². The van der Waals surface area contributed by atoms with Crippen molar-refractivity contribution in [2.24, 2.45) is 11.3 Å². The Morgan fingerprint density at radius 3 is 2.42 bits per heavy atom. The third kappa shape index (κ3) is 5.70. The normalized spacial score (nSPS) is 20.2. The van der Waals surface area contributed by atoms with Crippen molar-refractivity contribution in [3.05, 3.63) is 64.4 Å². The van der Waals surface area contributed by atoms with Gasteiger partial charge in [-0.3, -0.25) is 4.79 Å². The fraction of sp³-hybridized carbons (Fsp3) is 0.519. The molecule has 1 amide bonds. The van der Waals surface area contributed by atoms with Gasteiger partial charge in [0.2, 0.25) is 5.91 Å². The first-order chi connectivity index (χ1) is 15.7. The highest BCUT2D eigenvalue weighted by atomic mass is 35.5. The van der Waals surface area contributed by atoms with E-state index in [-0.39, 0.29) is 17.8 Å². The summed E-state index contributed by atoms with van der Waals surface area (Å²) in [5.41, 5.74) is 2.53. The van der Waals surface area contributed by atoms with Gasteiger partial charge in [-0.1, -0.05) is 56.6 Å². The number of piperidine rings is 1. The molecule has 0 saturated carbocycles. The zero-order chi connectivity index (χ0) is 23.6. The predicted molar refractivity (Wildman–Crippen MR) is 133 cm³/mol. The van der Waals surface area contributed by atoms with Gasteiger partial charge in [0, 0.05) is 30.1 Å². The number of rotatable bonds is 4. The number of nitrogens with zero attached hydrogens (tertiary/aromatic N) is 2. The number of benzene rings is 2. The summed E-state index contributed by atoms with van der Waals surface area (Å²) in [4.78, 5) is 17.0. The lowest BCUT2D eigenvalue weighted by Crippen LogP contribution is -2.53. The van der Waals surface area contributed by atoms with Crippen LogP contribution in [0.2, 0.25) is 5.02 Å². The molecule has 0 bridgehead atoms. The van der Waals surface area contributed by atoms with Crippen LogP contribution in [-0.2, 0) is 11.2 Å². The van der Waals surface area contributed by atoms with E-state index in [1.54, 1.807) is 12.1 Å². The van der Waals surface area contributed by atoms with Crippen LogP contribution < -0.4 is 10.2 Å². The Kier molecular flexibility index (Phi) is 7.30. The second kappa shape index (κ2) is 10.0. The van der Waals surface area contributed by atoms with Crippen molar-refractivity contribution in [3.8, 4) is 0 Å². The van der Waals surface area contributed by atoms with E-state index in [1.807, 2.05) is 25.7 Å². The van der Waals surface area contributed by atoms with Crippen LogP contribution in [0.15, 0.2) is 42.5 Å². The summed E-state index contributed by atoms with van der Waals surface area (Å²) in [6.45, 7) is 9.73. The van der Waals surface area contributed by atoms with Crippen LogP contribution >= 0.6 is 11.6 Å². The fourth-order valence-corrected chi connectivity index (χ4v) is 5.18. The summed E-state index contributed by atoms with van der Waals surface area (Å²) >= 11 is 6.01. The predicted octanol–water partition coefficient (Wildman–Crippen LogP) is 5.46. The molecular formula is C27H35ClFN3O. The highest BCUT2D eigenvalue weighted by molar-refractivity contribution is 6.30. The van der Waals surface area contributed by atoms with Crippen LogP contribution in [-0.4, -0.2) is 43.5 Å². The standard InChI is InChI=1S/C27H35ClFN3O/c1-27(2,3)26(33)31-14-15-32(24-9-8-22(28)17-23(24)29)25(18-31)21-6-4-19(5-7-21)16-20-10-12-30-13-11-20/h4-9,17,20,25,30H,10-16,18H2,1-3H3/t25-/m0/s1. The third-order valence-corrected chi connectivity index (χ3v) is 7.11. The number of amides is 1. The Bertz CT molecular complexity index is 966. The number of carbonyl (C=O) groups is 1.